The van der Waals surface area contributed by atoms with Gasteiger partial charge in [0.15, 0.2) is 17.3 Å². The summed E-state index contributed by atoms with van der Waals surface area (Å²) in [6.07, 6.45) is 4.04. The summed E-state index contributed by atoms with van der Waals surface area (Å²) in [6, 6.07) is 7.07. The van der Waals surface area contributed by atoms with Gasteiger partial charge in [0.05, 0.1) is 31.2 Å². The van der Waals surface area contributed by atoms with Gasteiger partial charge in [-0.3, -0.25) is 0 Å². The number of methoxy groups -OCH3 is 1. The van der Waals surface area contributed by atoms with Crippen LogP contribution in [0.15, 0.2) is 40.0 Å². The minimum atomic E-state index is 0.341. The van der Waals surface area contributed by atoms with E-state index in [9.17, 15) is 0 Å². The molecule has 0 aliphatic heterocycles. The van der Waals surface area contributed by atoms with E-state index < -0.39 is 0 Å². The molecule has 0 aliphatic carbocycles. The molecule has 0 radical (unpaired) electrons. The molecule has 0 atom stereocenters. The highest BCUT2D eigenvalue weighted by Crippen LogP contribution is 2.36. The Kier molecular flexibility index (Phi) is 5.75. The molecule has 0 fully saturated rings. The summed E-state index contributed by atoms with van der Waals surface area (Å²) in [4.78, 5) is 0. The second-order valence-corrected chi connectivity index (χ2v) is 6.06. The molecule has 0 aliphatic rings. The fraction of sp³-hybridized carbons (Fsp3) is 0.235. The van der Waals surface area contributed by atoms with Crippen molar-refractivity contribution in [2.75, 3.05) is 13.7 Å². The SMILES string of the molecule is CCCOc1c(Cl)cc(/C=N\n2c(-c3ccco3)n[nH]c2=S)cc1OC. The largest absolute Gasteiger partial charge is 0.493 e. The van der Waals surface area contributed by atoms with E-state index in [1.807, 2.05) is 6.92 Å². The molecular weight excluding hydrogens is 376 g/mol. The molecule has 0 saturated carbocycles. The van der Waals surface area contributed by atoms with Crippen molar-refractivity contribution in [3.8, 4) is 23.1 Å². The van der Waals surface area contributed by atoms with E-state index in [1.54, 1.807) is 43.9 Å². The average Bonchev–Trinajstić information content (AvgIpc) is 3.28. The number of nitrogens with zero attached hydrogens (tertiary/aromatic N) is 3. The van der Waals surface area contributed by atoms with E-state index in [1.165, 1.54) is 4.68 Å². The lowest BCUT2D eigenvalue weighted by Crippen LogP contribution is -2.00. The second kappa shape index (κ2) is 8.20. The van der Waals surface area contributed by atoms with Crippen LogP contribution in [-0.2, 0) is 0 Å². The van der Waals surface area contributed by atoms with Crippen LogP contribution in [0.25, 0.3) is 11.6 Å². The lowest BCUT2D eigenvalue weighted by atomic mass is 10.2. The van der Waals surface area contributed by atoms with Gasteiger partial charge in [0.2, 0.25) is 10.6 Å². The van der Waals surface area contributed by atoms with Crippen molar-refractivity contribution in [2.45, 2.75) is 13.3 Å². The quantitative estimate of drug-likeness (QED) is 0.472. The number of hydrogen-bond acceptors (Lipinski definition) is 6. The van der Waals surface area contributed by atoms with Gasteiger partial charge in [0, 0.05) is 0 Å². The number of nitrogens with one attached hydrogen (secondary N) is 1. The molecule has 136 valence electrons. The summed E-state index contributed by atoms with van der Waals surface area (Å²) < 4.78 is 18.2. The third-order valence-electron chi connectivity index (χ3n) is 3.42. The minimum Gasteiger partial charge on any atom is -0.493 e. The number of hydrogen-bond donors (Lipinski definition) is 1. The van der Waals surface area contributed by atoms with Crippen molar-refractivity contribution in [2.24, 2.45) is 5.10 Å². The number of benzene rings is 1. The van der Waals surface area contributed by atoms with E-state index >= 15 is 0 Å². The third kappa shape index (κ3) is 3.81. The van der Waals surface area contributed by atoms with Gasteiger partial charge < -0.3 is 13.9 Å². The highest BCUT2D eigenvalue weighted by atomic mass is 35.5. The van der Waals surface area contributed by atoms with Gasteiger partial charge in [-0.2, -0.15) is 9.78 Å². The normalized spacial score (nSPS) is 11.2. The van der Waals surface area contributed by atoms with E-state index in [-0.39, 0.29) is 0 Å². The van der Waals surface area contributed by atoms with Gasteiger partial charge in [-0.25, -0.2) is 5.10 Å². The third-order valence-corrected chi connectivity index (χ3v) is 3.96. The molecular formula is C17H17ClN4O3S. The first kappa shape index (κ1) is 18.2. The number of furan rings is 1. The molecule has 0 spiro atoms. The fourth-order valence-electron chi connectivity index (χ4n) is 2.25. The number of rotatable bonds is 7. The number of aromatic amines is 1. The first-order chi connectivity index (χ1) is 12.6. The molecule has 1 N–H and O–H groups in total. The summed E-state index contributed by atoms with van der Waals surface area (Å²) in [6.45, 7) is 2.58. The van der Waals surface area contributed by atoms with Gasteiger partial charge in [-0.1, -0.05) is 18.5 Å². The molecule has 26 heavy (non-hydrogen) atoms. The van der Waals surface area contributed by atoms with Gasteiger partial charge in [0.25, 0.3) is 0 Å². The summed E-state index contributed by atoms with van der Waals surface area (Å²) in [5, 5.41) is 11.7. The molecule has 9 heteroatoms. The first-order valence-corrected chi connectivity index (χ1v) is 8.68. The lowest BCUT2D eigenvalue weighted by molar-refractivity contribution is 0.294. The number of ether oxygens (including phenoxy) is 2. The van der Waals surface area contributed by atoms with Crippen molar-refractivity contribution < 1.29 is 13.9 Å². The Balaban J connectivity index is 1.94. The molecule has 1 aromatic carbocycles. The maximum Gasteiger partial charge on any atom is 0.219 e. The molecule has 0 amide bonds. The maximum absolute atomic E-state index is 6.33. The molecule has 2 heterocycles. The zero-order chi connectivity index (χ0) is 18.5. The number of aromatic nitrogens is 3. The van der Waals surface area contributed by atoms with Crippen LogP contribution in [0.4, 0.5) is 0 Å². The summed E-state index contributed by atoms with van der Waals surface area (Å²) in [7, 11) is 1.56. The maximum atomic E-state index is 6.33. The van der Waals surface area contributed by atoms with Crippen LogP contribution in [0.3, 0.4) is 0 Å². The van der Waals surface area contributed by atoms with Crippen LogP contribution in [-0.4, -0.2) is 34.8 Å². The Morgan fingerprint density at radius 2 is 2.31 bits per heavy atom. The zero-order valence-electron chi connectivity index (χ0n) is 14.2. The van der Waals surface area contributed by atoms with E-state index in [0.29, 0.717) is 39.5 Å². The Hall–Kier alpha value is -2.58. The van der Waals surface area contributed by atoms with E-state index in [2.05, 4.69) is 15.3 Å². The van der Waals surface area contributed by atoms with Crippen molar-refractivity contribution in [3.05, 3.63) is 45.9 Å². The Bertz CT molecular complexity index is 963. The van der Waals surface area contributed by atoms with Crippen molar-refractivity contribution in [3.63, 3.8) is 0 Å². The van der Waals surface area contributed by atoms with Gasteiger partial charge in [0.1, 0.15) is 0 Å². The van der Waals surface area contributed by atoms with Crippen LogP contribution >= 0.6 is 23.8 Å². The van der Waals surface area contributed by atoms with Crippen molar-refractivity contribution in [1.29, 1.82) is 0 Å². The zero-order valence-corrected chi connectivity index (χ0v) is 15.8. The molecule has 3 rings (SSSR count). The van der Waals surface area contributed by atoms with Crippen molar-refractivity contribution >= 4 is 30.0 Å². The average molecular weight is 393 g/mol. The Morgan fingerprint density at radius 1 is 1.46 bits per heavy atom. The topological polar surface area (TPSA) is 77.6 Å². The summed E-state index contributed by atoms with van der Waals surface area (Å²) >= 11 is 11.5. The van der Waals surface area contributed by atoms with Crippen LogP contribution in [0.1, 0.15) is 18.9 Å². The van der Waals surface area contributed by atoms with Gasteiger partial charge in [-0.15, -0.1) is 5.10 Å². The van der Waals surface area contributed by atoms with Gasteiger partial charge >= 0.3 is 0 Å². The fourth-order valence-corrected chi connectivity index (χ4v) is 2.70. The van der Waals surface area contributed by atoms with Crippen LogP contribution in [0.5, 0.6) is 11.5 Å². The van der Waals surface area contributed by atoms with Crippen LogP contribution in [0, 0.1) is 4.77 Å². The predicted molar refractivity (Wildman–Crippen MR) is 102 cm³/mol. The first-order valence-electron chi connectivity index (χ1n) is 7.90. The second-order valence-electron chi connectivity index (χ2n) is 5.27. The molecule has 0 saturated heterocycles. The Morgan fingerprint density at radius 3 is 3.00 bits per heavy atom. The van der Waals surface area contributed by atoms with Crippen LogP contribution < -0.4 is 9.47 Å². The van der Waals surface area contributed by atoms with Gasteiger partial charge in [-0.05, 0) is 48.5 Å². The molecule has 3 aromatic rings. The predicted octanol–water partition coefficient (Wildman–Crippen LogP) is 4.53. The smallest absolute Gasteiger partial charge is 0.219 e. The van der Waals surface area contributed by atoms with Crippen LogP contribution in [0.2, 0.25) is 5.02 Å². The molecule has 7 nitrogen and oxygen atoms in total. The summed E-state index contributed by atoms with van der Waals surface area (Å²) in [5.74, 6) is 2.07. The molecule has 0 bridgehead atoms. The standard InChI is InChI=1S/C17H17ClN4O3S/c1-3-6-25-15-12(18)8-11(9-14(15)23-2)10-19-22-16(20-21-17(22)26)13-5-4-7-24-13/h4-5,7-10H,3,6H2,1-2H3,(H,21,26)/b19-10-. The number of H-pyrrole nitrogens is 1. The van der Waals surface area contributed by atoms with E-state index in [4.69, 9.17) is 37.7 Å². The molecule has 0 unspecified atom stereocenters. The van der Waals surface area contributed by atoms with Crippen molar-refractivity contribution in [1.82, 2.24) is 14.9 Å². The monoisotopic (exact) mass is 392 g/mol. The van der Waals surface area contributed by atoms with E-state index in [0.717, 1.165) is 12.0 Å². The number of halogens is 1. The minimum absolute atomic E-state index is 0.341. The highest BCUT2D eigenvalue weighted by Gasteiger charge is 2.13. The summed E-state index contributed by atoms with van der Waals surface area (Å²) in [5.41, 5.74) is 0.726. The highest BCUT2D eigenvalue weighted by molar-refractivity contribution is 7.71. The lowest BCUT2D eigenvalue weighted by Gasteiger charge is -2.12. The Labute approximate surface area is 160 Å². The molecule has 2 aromatic heterocycles.